The number of aromatic hydroxyl groups is 1. The van der Waals surface area contributed by atoms with E-state index in [1.165, 1.54) is 6.07 Å². The molecule has 3 rings (SSSR count). The molecule has 22 heavy (non-hydrogen) atoms. The summed E-state index contributed by atoms with van der Waals surface area (Å²) in [6, 6.07) is 14.1. The molecule has 2 aromatic carbocycles. The van der Waals surface area contributed by atoms with E-state index < -0.39 is 0 Å². The molecule has 2 aromatic rings. The number of hydrogen-bond donors (Lipinski definition) is 1. The van der Waals surface area contributed by atoms with Gasteiger partial charge in [0.1, 0.15) is 11.4 Å². The normalized spacial score (nSPS) is 14.9. The van der Waals surface area contributed by atoms with Crippen LogP contribution in [0, 0.1) is 10.1 Å². The molecule has 0 saturated carbocycles. The maximum Gasteiger partial charge on any atom is 0.292 e. The molecule has 0 atom stereocenters. The van der Waals surface area contributed by atoms with Crippen molar-refractivity contribution in [1.29, 1.82) is 0 Å². The predicted molar refractivity (Wildman–Crippen MR) is 85.6 cm³/mol. The number of piperazine rings is 1. The maximum atomic E-state index is 11.1. The van der Waals surface area contributed by atoms with E-state index in [1.807, 2.05) is 23.1 Å². The summed E-state index contributed by atoms with van der Waals surface area (Å²) in [6.07, 6.45) is 0. The van der Waals surface area contributed by atoms with Crippen molar-refractivity contribution in [2.24, 2.45) is 0 Å². The lowest BCUT2D eigenvalue weighted by Crippen LogP contribution is -2.46. The average Bonchev–Trinajstić information content (AvgIpc) is 2.55. The fourth-order valence-corrected chi connectivity index (χ4v) is 2.81. The van der Waals surface area contributed by atoms with Gasteiger partial charge >= 0.3 is 0 Å². The summed E-state index contributed by atoms with van der Waals surface area (Å²) in [5.41, 5.74) is 1.60. The summed E-state index contributed by atoms with van der Waals surface area (Å²) in [4.78, 5) is 14.9. The molecule has 1 fully saturated rings. The van der Waals surface area contributed by atoms with Gasteiger partial charge in [-0.1, -0.05) is 24.3 Å². The summed E-state index contributed by atoms with van der Waals surface area (Å²) in [5.74, 6) is 0.265. The summed E-state index contributed by atoms with van der Waals surface area (Å²) >= 11 is 0. The standard InChI is InChI=1S/C16H17N3O3/c20-16-8-4-3-7-15(16)18-11-9-17(10-12-18)13-5-1-2-6-14(13)19(21)22/h1-8,20H,9-12H2. The molecule has 1 N–H and O–H groups in total. The number of phenols is 1. The summed E-state index contributed by atoms with van der Waals surface area (Å²) < 4.78 is 0. The van der Waals surface area contributed by atoms with Crippen molar-refractivity contribution in [3.63, 3.8) is 0 Å². The zero-order valence-electron chi connectivity index (χ0n) is 12.1. The average molecular weight is 299 g/mol. The first kappa shape index (κ1) is 14.2. The molecule has 0 aliphatic carbocycles. The monoisotopic (exact) mass is 299 g/mol. The molecule has 114 valence electrons. The molecule has 6 nitrogen and oxygen atoms in total. The smallest absolute Gasteiger partial charge is 0.292 e. The minimum atomic E-state index is -0.343. The molecule has 0 radical (unpaired) electrons. The fourth-order valence-electron chi connectivity index (χ4n) is 2.81. The second-order valence-corrected chi connectivity index (χ2v) is 5.21. The minimum absolute atomic E-state index is 0.138. The Morgan fingerprint density at radius 3 is 1.95 bits per heavy atom. The van der Waals surface area contributed by atoms with Crippen molar-refractivity contribution in [2.45, 2.75) is 0 Å². The van der Waals surface area contributed by atoms with Gasteiger partial charge in [-0.2, -0.15) is 0 Å². The highest BCUT2D eigenvalue weighted by molar-refractivity contribution is 5.65. The van der Waals surface area contributed by atoms with E-state index in [2.05, 4.69) is 4.90 Å². The van der Waals surface area contributed by atoms with E-state index in [0.29, 0.717) is 31.9 Å². The highest BCUT2D eigenvalue weighted by Crippen LogP contribution is 2.31. The van der Waals surface area contributed by atoms with Gasteiger partial charge in [-0.05, 0) is 18.2 Å². The number of para-hydroxylation sites is 4. The summed E-state index contributed by atoms with van der Waals surface area (Å²) in [5, 5.41) is 21.0. The topological polar surface area (TPSA) is 69.9 Å². The highest BCUT2D eigenvalue weighted by atomic mass is 16.6. The number of hydrogen-bond acceptors (Lipinski definition) is 5. The SMILES string of the molecule is O=[N+]([O-])c1ccccc1N1CCN(c2ccccc2O)CC1. The molecular formula is C16H17N3O3. The Morgan fingerprint density at radius 1 is 0.864 bits per heavy atom. The number of benzene rings is 2. The zero-order chi connectivity index (χ0) is 15.5. The van der Waals surface area contributed by atoms with Crippen molar-refractivity contribution in [3.05, 3.63) is 58.6 Å². The van der Waals surface area contributed by atoms with Crippen molar-refractivity contribution in [1.82, 2.24) is 0 Å². The molecule has 0 bridgehead atoms. The van der Waals surface area contributed by atoms with Gasteiger partial charge in [0.15, 0.2) is 0 Å². The Labute approximate surface area is 128 Å². The Bertz CT molecular complexity index is 682. The van der Waals surface area contributed by atoms with Crippen LogP contribution in [0.3, 0.4) is 0 Å². The first-order valence-electron chi connectivity index (χ1n) is 7.18. The first-order valence-corrected chi connectivity index (χ1v) is 7.18. The summed E-state index contributed by atoms with van der Waals surface area (Å²) in [6.45, 7) is 2.78. The fraction of sp³-hybridized carbons (Fsp3) is 0.250. The molecule has 0 amide bonds. The highest BCUT2D eigenvalue weighted by Gasteiger charge is 2.24. The molecule has 1 aliphatic rings. The number of nitro groups is 1. The number of nitro benzene ring substituents is 1. The lowest BCUT2D eigenvalue weighted by atomic mass is 10.2. The van der Waals surface area contributed by atoms with E-state index in [-0.39, 0.29) is 16.4 Å². The molecule has 1 heterocycles. The zero-order valence-corrected chi connectivity index (χ0v) is 12.1. The van der Waals surface area contributed by atoms with Crippen molar-refractivity contribution in [2.75, 3.05) is 36.0 Å². The number of anilines is 2. The van der Waals surface area contributed by atoms with E-state index in [4.69, 9.17) is 0 Å². The van der Waals surface area contributed by atoms with Gasteiger partial charge in [-0.15, -0.1) is 0 Å². The summed E-state index contributed by atoms with van der Waals surface area (Å²) in [7, 11) is 0. The third-order valence-electron chi connectivity index (χ3n) is 3.92. The van der Waals surface area contributed by atoms with Crippen LogP contribution in [-0.2, 0) is 0 Å². The Balaban J connectivity index is 1.75. The van der Waals surface area contributed by atoms with Crippen LogP contribution in [-0.4, -0.2) is 36.2 Å². The second kappa shape index (κ2) is 5.93. The van der Waals surface area contributed by atoms with Gasteiger partial charge in [0.25, 0.3) is 5.69 Å². The van der Waals surface area contributed by atoms with Crippen LogP contribution in [0.2, 0.25) is 0 Å². The van der Waals surface area contributed by atoms with Gasteiger partial charge in [0, 0.05) is 32.2 Å². The largest absolute Gasteiger partial charge is 0.506 e. The van der Waals surface area contributed by atoms with Gasteiger partial charge in [0.2, 0.25) is 0 Å². The van der Waals surface area contributed by atoms with Crippen LogP contribution in [0.15, 0.2) is 48.5 Å². The van der Waals surface area contributed by atoms with E-state index in [1.54, 1.807) is 24.3 Å². The van der Waals surface area contributed by atoms with Gasteiger partial charge in [0.05, 0.1) is 10.6 Å². The number of phenolic OH excluding ortho intramolecular Hbond substituents is 1. The van der Waals surface area contributed by atoms with E-state index >= 15 is 0 Å². The third-order valence-corrected chi connectivity index (χ3v) is 3.92. The molecule has 0 unspecified atom stereocenters. The molecule has 0 spiro atoms. The molecule has 0 aromatic heterocycles. The molecular weight excluding hydrogens is 282 g/mol. The Morgan fingerprint density at radius 2 is 1.36 bits per heavy atom. The van der Waals surface area contributed by atoms with Crippen molar-refractivity contribution < 1.29 is 10.0 Å². The van der Waals surface area contributed by atoms with Crippen LogP contribution < -0.4 is 9.80 Å². The Hall–Kier alpha value is -2.76. The van der Waals surface area contributed by atoms with Gasteiger partial charge in [-0.25, -0.2) is 0 Å². The second-order valence-electron chi connectivity index (χ2n) is 5.21. The lowest BCUT2D eigenvalue weighted by molar-refractivity contribution is -0.384. The number of rotatable bonds is 3. The van der Waals surface area contributed by atoms with Gasteiger partial charge in [-0.3, -0.25) is 10.1 Å². The number of nitrogens with zero attached hydrogens (tertiary/aromatic N) is 3. The van der Waals surface area contributed by atoms with Crippen LogP contribution >= 0.6 is 0 Å². The van der Waals surface area contributed by atoms with E-state index in [9.17, 15) is 15.2 Å². The first-order chi connectivity index (χ1) is 10.7. The van der Waals surface area contributed by atoms with Crippen molar-refractivity contribution >= 4 is 17.1 Å². The molecule has 6 heteroatoms. The van der Waals surface area contributed by atoms with E-state index in [0.717, 1.165) is 5.69 Å². The Kier molecular flexibility index (Phi) is 3.82. The predicted octanol–water partition coefficient (Wildman–Crippen LogP) is 2.63. The van der Waals surface area contributed by atoms with Crippen LogP contribution in [0.4, 0.5) is 17.1 Å². The van der Waals surface area contributed by atoms with Crippen LogP contribution in [0.25, 0.3) is 0 Å². The lowest BCUT2D eigenvalue weighted by Gasteiger charge is -2.37. The molecule has 1 aliphatic heterocycles. The van der Waals surface area contributed by atoms with Gasteiger partial charge < -0.3 is 14.9 Å². The van der Waals surface area contributed by atoms with Crippen LogP contribution in [0.5, 0.6) is 5.75 Å². The van der Waals surface area contributed by atoms with Crippen molar-refractivity contribution in [3.8, 4) is 5.75 Å². The molecule has 1 saturated heterocycles. The quantitative estimate of drug-likeness (QED) is 0.697. The minimum Gasteiger partial charge on any atom is -0.506 e. The third kappa shape index (κ3) is 2.67. The van der Waals surface area contributed by atoms with Crippen LogP contribution in [0.1, 0.15) is 0 Å². The maximum absolute atomic E-state index is 11.1.